The minimum Gasteiger partial charge on any atom is -0.465 e. The molecule has 10 heteroatoms. The van der Waals surface area contributed by atoms with Crippen LogP contribution in [0.4, 0.5) is 26.2 Å². The van der Waals surface area contributed by atoms with Crippen LogP contribution in [-0.4, -0.2) is 37.8 Å². The minimum atomic E-state index is -3.43. The number of carboxylic acid groups (broad SMARTS) is 1. The van der Waals surface area contributed by atoms with Gasteiger partial charge in [-0.2, -0.15) is 0 Å². The summed E-state index contributed by atoms with van der Waals surface area (Å²) in [6.07, 6.45) is -0.288. The first-order valence-electron chi connectivity index (χ1n) is 7.73. The summed E-state index contributed by atoms with van der Waals surface area (Å²) in [4.78, 5) is 22.8. The number of benzene rings is 2. The summed E-state index contributed by atoms with van der Waals surface area (Å²) in [5, 5.41) is 16.0. The predicted molar refractivity (Wildman–Crippen MR) is 98.5 cm³/mol. The molecule has 27 heavy (non-hydrogen) atoms. The minimum absolute atomic E-state index is 0.0776. The summed E-state index contributed by atoms with van der Waals surface area (Å²) >= 11 is 0. The molecule has 0 heterocycles. The number of halogens is 1. The molecule has 144 valence electrons. The van der Waals surface area contributed by atoms with Gasteiger partial charge in [0.15, 0.2) is 9.84 Å². The van der Waals surface area contributed by atoms with Crippen LogP contribution in [0.1, 0.15) is 6.92 Å². The van der Waals surface area contributed by atoms with Crippen LogP contribution in [0.5, 0.6) is 0 Å². The van der Waals surface area contributed by atoms with E-state index in [2.05, 4.69) is 10.6 Å². The maximum absolute atomic E-state index is 13.6. The second kappa shape index (κ2) is 8.04. The predicted octanol–water partition coefficient (Wildman–Crippen LogP) is 2.57. The van der Waals surface area contributed by atoms with Gasteiger partial charge in [-0.25, -0.2) is 17.6 Å². The molecule has 2 aromatic carbocycles. The van der Waals surface area contributed by atoms with Crippen LogP contribution >= 0.6 is 0 Å². The van der Waals surface area contributed by atoms with Crippen LogP contribution in [-0.2, 0) is 14.6 Å². The van der Waals surface area contributed by atoms with E-state index in [0.717, 1.165) is 18.4 Å². The summed E-state index contributed by atoms with van der Waals surface area (Å²) < 4.78 is 37.0. The number of sulfone groups is 1. The maximum atomic E-state index is 13.6. The fraction of sp³-hybridized carbons (Fsp3) is 0.176. The number of amides is 2. The molecule has 4 N–H and O–H groups in total. The van der Waals surface area contributed by atoms with Gasteiger partial charge in [0.2, 0.25) is 5.91 Å². The van der Waals surface area contributed by atoms with E-state index in [1.54, 1.807) is 6.07 Å². The maximum Gasteiger partial charge on any atom is 0.405 e. The largest absolute Gasteiger partial charge is 0.465 e. The highest BCUT2D eigenvalue weighted by Crippen LogP contribution is 2.28. The smallest absolute Gasteiger partial charge is 0.405 e. The van der Waals surface area contributed by atoms with Gasteiger partial charge >= 0.3 is 6.09 Å². The molecule has 0 aliphatic carbocycles. The quantitative estimate of drug-likeness (QED) is 0.596. The van der Waals surface area contributed by atoms with Crippen LogP contribution < -0.4 is 16.0 Å². The number of carbonyl (C=O) groups excluding carboxylic acids is 1. The Morgan fingerprint density at radius 3 is 2.44 bits per heavy atom. The molecule has 2 amide bonds. The normalized spacial score (nSPS) is 12.1. The molecule has 0 aliphatic heterocycles. The summed E-state index contributed by atoms with van der Waals surface area (Å²) in [7, 11) is -3.43. The summed E-state index contributed by atoms with van der Waals surface area (Å²) in [5.41, 5.74) is 0.748. The Bertz CT molecular complexity index is 978. The molecular weight excluding hydrogens is 377 g/mol. The van der Waals surface area contributed by atoms with E-state index < -0.39 is 33.7 Å². The lowest BCUT2D eigenvalue weighted by Gasteiger charge is -2.16. The summed E-state index contributed by atoms with van der Waals surface area (Å²) in [6, 6.07) is 8.43. The van der Waals surface area contributed by atoms with Crippen molar-refractivity contribution in [3.63, 3.8) is 0 Å². The number of rotatable bonds is 6. The highest BCUT2D eigenvalue weighted by Gasteiger charge is 2.17. The van der Waals surface area contributed by atoms with Crippen molar-refractivity contribution >= 4 is 38.9 Å². The molecule has 0 saturated heterocycles. The second-order valence-electron chi connectivity index (χ2n) is 5.78. The summed E-state index contributed by atoms with van der Waals surface area (Å²) in [5.74, 6) is -1.22. The van der Waals surface area contributed by atoms with Crippen molar-refractivity contribution in [3.8, 4) is 0 Å². The van der Waals surface area contributed by atoms with E-state index >= 15 is 0 Å². The Balaban J connectivity index is 2.29. The Hall–Kier alpha value is -3.14. The van der Waals surface area contributed by atoms with E-state index in [9.17, 15) is 22.4 Å². The zero-order valence-corrected chi connectivity index (χ0v) is 15.3. The lowest BCUT2D eigenvalue weighted by atomic mass is 10.2. The van der Waals surface area contributed by atoms with Crippen LogP contribution in [0, 0.1) is 5.82 Å². The third-order valence-electron chi connectivity index (χ3n) is 3.51. The highest BCUT2D eigenvalue weighted by molar-refractivity contribution is 7.90. The average Bonchev–Trinajstić information content (AvgIpc) is 2.56. The molecule has 0 fully saturated rings. The number of nitrogens with one attached hydrogen (secondary N) is 3. The van der Waals surface area contributed by atoms with Crippen LogP contribution in [0.15, 0.2) is 47.4 Å². The molecule has 0 radical (unpaired) electrons. The van der Waals surface area contributed by atoms with Crippen molar-refractivity contribution < 1.29 is 27.5 Å². The van der Waals surface area contributed by atoms with E-state index in [-0.39, 0.29) is 16.3 Å². The van der Waals surface area contributed by atoms with E-state index in [0.29, 0.717) is 5.69 Å². The van der Waals surface area contributed by atoms with Gasteiger partial charge in [-0.15, -0.1) is 0 Å². The standard InChI is InChI=1S/C17H18FN3O5S/c1-10(19-17(23)24)16(22)21-14-7-6-11(18)8-15(14)20-12-4-3-5-13(9-12)27(2,25)26/h3-10,19-20H,1-2H3,(H,21,22)(H,23,24). The molecule has 1 atom stereocenters. The lowest BCUT2D eigenvalue weighted by Crippen LogP contribution is -2.40. The molecule has 2 rings (SSSR count). The zero-order chi connectivity index (χ0) is 20.2. The first-order valence-corrected chi connectivity index (χ1v) is 9.62. The van der Waals surface area contributed by atoms with Gasteiger partial charge < -0.3 is 21.1 Å². The first-order chi connectivity index (χ1) is 12.6. The molecule has 1 unspecified atom stereocenters. The summed E-state index contributed by atoms with van der Waals surface area (Å²) in [6.45, 7) is 1.36. The molecule has 0 saturated carbocycles. The molecule has 8 nitrogen and oxygen atoms in total. The zero-order valence-electron chi connectivity index (χ0n) is 14.5. The van der Waals surface area contributed by atoms with E-state index in [1.807, 2.05) is 5.32 Å². The van der Waals surface area contributed by atoms with Crippen molar-refractivity contribution in [2.24, 2.45) is 0 Å². The first kappa shape index (κ1) is 20.2. The molecule has 0 aromatic heterocycles. The van der Waals surface area contributed by atoms with Crippen molar-refractivity contribution in [2.45, 2.75) is 17.9 Å². The molecule has 0 bridgehead atoms. The monoisotopic (exact) mass is 395 g/mol. The topological polar surface area (TPSA) is 125 Å². The lowest BCUT2D eigenvalue weighted by molar-refractivity contribution is -0.117. The van der Waals surface area contributed by atoms with Crippen molar-refractivity contribution in [1.29, 1.82) is 0 Å². The van der Waals surface area contributed by atoms with Gasteiger partial charge in [0, 0.05) is 11.9 Å². The van der Waals surface area contributed by atoms with E-state index in [4.69, 9.17) is 5.11 Å². The highest BCUT2D eigenvalue weighted by atomic mass is 32.2. The molecule has 0 spiro atoms. The van der Waals surface area contributed by atoms with Crippen molar-refractivity contribution in [3.05, 3.63) is 48.3 Å². The third-order valence-corrected chi connectivity index (χ3v) is 4.62. The van der Waals surface area contributed by atoms with Crippen LogP contribution in [0.25, 0.3) is 0 Å². The Labute approximate surface area is 155 Å². The number of hydrogen-bond acceptors (Lipinski definition) is 5. The van der Waals surface area contributed by atoms with Gasteiger partial charge in [0.05, 0.1) is 16.3 Å². The van der Waals surface area contributed by atoms with Crippen molar-refractivity contribution in [2.75, 3.05) is 16.9 Å². The third kappa shape index (κ3) is 5.68. The van der Waals surface area contributed by atoms with Gasteiger partial charge in [-0.05, 0) is 43.3 Å². The average molecular weight is 395 g/mol. The SMILES string of the molecule is CC(NC(=O)O)C(=O)Nc1ccc(F)cc1Nc1cccc(S(C)(=O)=O)c1. The number of carbonyl (C=O) groups is 2. The van der Waals surface area contributed by atoms with Gasteiger partial charge in [-0.3, -0.25) is 4.79 Å². The van der Waals surface area contributed by atoms with E-state index in [1.165, 1.54) is 31.2 Å². The molecule has 2 aromatic rings. The fourth-order valence-electron chi connectivity index (χ4n) is 2.18. The molecule has 0 aliphatic rings. The number of anilines is 3. The van der Waals surface area contributed by atoms with Crippen LogP contribution in [0.3, 0.4) is 0 Å². The van der Waals surface area contributed by atoms with Gasteiger partial charge in [-0.1, -0.05) is 6.07 Å². The Morgan fingerprint density at radius 1 is 1.11 bits per heavy atom. The number of hydrogen-bond donors (Lipinski definition) is 4. The fourth-order valence-corrected chi connectivity index (χ4v) is 2.85. The van der Waals surface area contributed by atoms with Gasteiger partial charge in [0.25, 0.3) is 0 Å². The van der Waals surface area contributed by atoms with Crippen molar-refractivity contribution in [1.82, 2.24) is 5.32 Å². The van der Waals surface area contributed by atoms with Crippen LogP contribution in [0.2, 0.25) is 0 Å². The van der Waals surface area contributed by atoms with Gasteiger partial charge in [0.1, 0.15) is 11.9 Å². The Kier molecular flexibility index (Phi) is 6.01. The molecular formula is C17H18FN3O5S. The Morgan fingerprint density at radius 2 is 1.81 bits per heavy atom. The second-order valence-corrected chi connectivity index (χ2v) is 7.79.